The van der Waals surface area contributed by atoms with Crippen LogP contribution in [0, 0.1) is 0 Å². The van der Waals surface area contributed by atoms with Gasteiger partial charge >= 0.3 is 0 Å². The Hall–Kier alpha value is -3.91. The standard InChI is InChI=1S/C33H40O21/c1-9-19(39)23(43)26(46)31(48-9)54-30-25(45)21(41)17(8-35)52-33(30)49-11-5-14(38)18-15(6-11)50-28(10-2-3-12(36)13(37)4-10)29(22(18)42)53-32-27(47)24(44)20(40)16(7-34)51-32/h2-6,9,16-17,19-21,23-27,30-41,43-47H,7-8H2,1H3. The molecule has 4 heterocycles. The summed E-state index contributed by atoms with van der Waals surface area (Å²) >= 11 is 0. The third-order valence-corrected chi connectivity index (χ3v) is 9.40. The van der Waals surface area contributed by atoms with Crippen molar-refractivity contribution in [3.8, 4) is 40.1 Å². The predicted octanol–water partition coefficient (Wildman–Crippen LogP) is -4.21. The van der Waals surface area contributed by atoms with E-state index in [2.05, 4.69) is 0 Å². The molecular formula is C33H40O21. The number of phenolic OH excluding ortho intramolecular Hbond substituents is 3. The number of hydrogen-bond acceptors (Lipinski definition) is 21. The second-order valence-corrected chi connectivity index (χ2v) is 13.0. The SMILES string of the molecule is CC1OC(OC2C(Oc3cc(O)c4c(=O)c(OC5OC(CO)C(O)C(O)C5O)c(-c5ccc(O)c(O)c5)oc4c3)OC(CO)C(O)C2O)C(O)C(O)C1O. The Labute approximate surface area is 303 Å². The highest BCUT2D eigenvalue weighted by atomic mass is 16.8. The highest BCUT2D eigenvalue weighted by Gasteiger charge is 2.51. The van der Waals surface area contributed by atoms with E-state index in [4.69, 9.17) is 32.8 Å². The van der Waals surface area contributed by atoms with Crippen molar-refractivity contribution in [1.82, 2.24) is 0 Å². The number of fused-ring (bicyclic) bond motifs is 1. The van der Waals surface area contributed by atoms with Crippen molar-refractivity contribution in [2.24, 2.45) is 0 Å². The molecule has 0 aliphatic carbocycles. The van der Waals surface area contributed by atoms with Gasteiger partial charge in [0.25, 0.3) is 0 Å². The van der Waals surface area contributed by atoms with E-state index in [1.807, 2.05) is 0 Å². The summed E-state index contributed by atoms with van der Waals surface area (Å²) in [7, 11) is 0. The van der Waals surface area contributed by atoms with E-state index in [0.717, 1.165) is 24.3 Å². The number of ether oxygens (including phenoxy) is 6. The normalized spacial score (nSPS) is 37.3. The minimum atomic E-state index is -1.98. The van der Waals surface area contributed by atoms with Crippen LogP contribution in [-0.2, 0) is 18.9 Å². The van der Waals surface area contributed by atoms with Crippen molar-refractivity contribution in [2.45, 2.75) is 99.0 Å². The minimum Gasteiger partial charge on any atom is -0.507 e. The molecule has 3 aliphatic heterocycles. The molecule has 0 amide bonds. The third-order valence-electron chi connectivity index (χ3n) is 9.40. The Balaban J connectivity index is 1.40. The van der Waals surface area contributed by atoms with Gasteiger partial charge in [0.05, 0.1) is 19.3 Å². The molecule has 3 fully saturated rings. The van der Waals surface area contributed by atoms with Crippen LogP contribution in [-0.4, -0.2) is 172 Å². The molecule has 3 saturated heterocycles. The first-order valence-corrected chi connectivity index (χ1v) is 16.5. The van der Waals surface area contributed by atoms with Gasteiger partial charge in [-0.05, 0) is 25.1 Å². The van der Waals surface area contributed by atoms with Gasteiger partial charge in [-0.25, -0.2) is 0 Å². The van der Waals surface area contributed by atoms with E-state index in [9.17, 15) is 71.2 Å². The van der Waals surface area contributed by atoms with E-state index in [1.165, 1.54) is 13.0 Å². The van der Waals surface area contributed by atoms with Crippen LogP contribution >= 0.6 is 0 Å². The highest BCUT2D eigenvalue weighted by molar-refractivity contribution is 5.88. The molecule has 0 saturated carbocycles. The van der Waals surface area contributed by atoms with Crippen molar-refractivity contribution < 1.29 is 99.2 Å². The molecule has 6 rings (SSSR count). The second kappa shape index (κ2) is 15.7. The van der Waals surface area contributed by atoms with Crippen LogP contribution in [0.4, 0.5) is 0 Å². The average molecular weight is 773 g/mol. The lowest BCUT2D eigenvalue weighted by Crippen LogP contribution is -2.64. The summed E-state index contributed by atoms with van der Waals surface area (Å²) < 4.78 is 39.6. The topological polar surface area (TPSA) is 349 Å². The van der Waals surface area contributed by atoms with Crippen molar-refractivity contribution >= 4 is 11.0 Å². The molecule has 0 bridgehead atoms. The lowest BCUT2D eigenvalue weighted by Gasteiger charge is -2.45. The number of hydrogen-bond donors (Lipinski definition) is 13. The van der Waals surface area contributed by atoms with Crippen LogP contribution in [0.15, 0.2) is 39.5 Å². The lowest BCUT2D eigenvalue weighted by molar-refractivity contribution is -0.354. The second-order valence-electron chi connectivity index (χ2n) is 13.0. The molecular weight excluding hydrogens is 732 g/mol. The molecule has 15 unspecified atom stereocenters. The van der Waals surface area contributed by atoms with Crippen molar-refractivity contribution in [1.29, 1.82) is 0 Å². The van der Waals surface area contributed by atoms with E-state index in [-0.39, 0.29) is 11.3 Å². The number of benzene rings is 2. The molecule has 3 aliphatic rings. The van der Waals surface area contributed by atoms with Crippen LogP contribution in [0.1, 0.15) is 6.92 Å². The monoisotopic (exact) mass is 772 g/mol. The number of aromatic hydroxyl groups is 3. The zero-order valence-electron chi connectivity index (χ0n) is 28.0. The van der Waals surface area contributed by atoms with Crippen molar-refractivity contribution in [2.75, 3.05) is 13.2 Å². The molecule has 13 N–H and O–H groups in total. The van der Waals surface area contributed by atoms with Gasteiger partial charge in [0, 0.05) is 17.7 Å². The largest absolute Gasteiger partial charge is 0.507 e. The summed E-state index contributed by atoms with van der Waals surface area (Å²) in [6.07, 6.45) is -25.5. The summed E-state index contributed by atoms with van der Waals surface area (Å²) in [5, 5.41) is 134. The fraction of sp³-hybridized carbons (Fsp3) is 0.545. The molecule has 0 radical (unpaired) electrons. The first-order chi connectivity index (χ1) is 25.6. The Morgan fingerprint density at radius 2 is 1.24 bits per heavy atom. The maximum absolute atomic E-state index is 14.0. The maximum atomic E-state index is 14.0. The average Bonchev–Trinajstić information content (AvgIpc) is 3.14. The zero-order valence-corrected chi connectivity index (χ0v) is 28.0. The van der Waals surface area contributed by atoms with Gasteiger partial charge in [-0.3, -0.25) is 4.79 Å². The van der Waals surface area contributed by atoms with Crippen LogP contribution in [0.3, 0.4) is 0 Å². The van der Waals surface area contributed by atoms with Crippen LogP contribution in [0.2, 0.25) is 0 Å². The Kier molecular flexibility index (Phi) is 11.5. The molecule has 15 atom stereocenters. The molecule has 2 aromatic carbocycles. The van der Waals surface area contributed by atoms with Gasteiger partial charge in [0.15, 0.2) is 29.7 Å². The third kappa shape index (κ3) is 7.27. The van der Waals surface area contributed by atoms with E-state index in [0.29, 0.717) is 0 Å². The fourth-order valence-corrected chi connectivity index (χ4v) is 6.28. The van der Waals surface area contributed by atoms with Gasteiger partial charge in [0.1, 0.15) is 83.5 Å². The number of aliphatic hydroxyl groups is 10. The zero-order chi connectivity index (χ0) is 39.3. The molecule has 3 aromatic rings. The van der Waals surface area contributed by atoms with Gasteiger partial charge in [-0.15, -0.1) is 0 Å². The van der Waals surface area contributed by atoms with Gasteiger partial charge in [-0.2, -0.15) is 0 Å². The Bertz CT molecular complexity index is 1850. The number of rotatable bonds is 9. The van der Waals surface area contributed by atoms with Crippen LogP contribution in [0.25, 0.3) is 22.3 Å². The summed E-state index contributed by atoms with van der Waals surface area (Å²) in [6.45, 7) is -0.287. The first-order valence-electron chi connectivity index (χ1n) is 16.5. The van der Waals surface area contributed by atoms with E-state index in [1.54, 1.807) is 0 Å². The lowest BCUT2D eigenvalue weighted by atomic mass is 9.97. The number of phenols is 3. The quantitative estimate of drug-likeness (QED) is 0.0917. The molecule has 298 valence electrons. The summed E-state index contributed by atoms with van der Waals surface area (Å²) in [5.74, 6) is -3.66. The Morgan fingerprint density at radius 1 is 0.630 bits per heavy atom. The fourth-order valence-electron chi connectivity index (χ4n) is 6.28. The first kappa shape index (κ1) is 39.8. The summed E-state index contributed by atoms with van der Waals surface area (Å²) in [4.78, 5) is 14.0. The molecule has 1 aromatic heterocycles. The van der Waals surface area contributed by atoms with Gasteiger partial charge < -0.3 is 99.2 Å². The maximum Gasteiger partial charge on any atom is 0.239 e. The minimum absolute atomic E-state index is 0.116. The molecule has 54 heavy (non-hydrogen) atoms. The predicted molar refractivity (Wildman–Crippen MR) is 173 cm³/mol. The molecule has 0 spiro atoms. The summed E-state index contributed by atoms with van der Waals surface area (Å²) in [5.41, 5.74) is -1.66. The highest BCUT2D eigenvalue weighted by Crippen LogP contribution is 2.40. The molecule has 21 heteroatoms. The van der Waals surface area contributed by atoms with Gasteiger partial charge in [0.2, 0.25) is 23.8 Å². The number of aliphatic hydroxyl groups excluding tert-OH is 10. The van der Waals surface area contributed by atoms with E-state index < -0.39 is 150 Å². The smallest absolute Gasteiger partial charge is 0.239 e. The molecule has 21 nitrogen and oxygen atoms in total. The van der Waals surface area contributed by atoms with Crippen molar-refractivity contribution in [3.63, 3.8) is 0 Å². The van der Waals surface area contributed by atoms with Crippen LogP contribution < -0.4 is 14.9 Å². The Morgan fingerprint density at radius 3 is 1.89 bits per heavy atom. The van der Waals surface area contributed by atoms with Crippen LogP contribution in [0.5, 0.6) is 28.7 Å². The van der Waals surface area contributed by atoms with E-state index >= 15 is 0 Å². The van der Waals surface area contributed by atoms with Gasteiger partial charge in [-0.1, -0.05) is 0 Å². The summed E-state index contributed by atoms with van der Waals surface area (Å²) in [6, 6.07) is 5.14. The van der Waals surface area contributed by atoms with Crippen molar-refractivity contribution in [3.05, 3.63) is 40.6 Å².